The molecule has 0 saturated carbocycles. The molecule has 0 N–H and O–H groups in total. The number of hydrogen-bond acceptors (Lipinski definition) is 2. The molecule has 2 aliphatic rings. The normalized spacial score (nSPS) is 12.4. The zero-order valence-corrected chi connectivity index (χ0v) is 41.9. The van der Waals surface area contributed by atoms with Crippen LogP contribution < -0.4 is 26.2 Å². The molecule has 2 aliphatic heterocycles. The van der Waals surface area contributed by atoms with Crippen molar-refractivity contribution in [2.75, 3.05) is 9.80 Å². The van der Waals surface area contributed by atoms with E-state index in [-0.39, 0.29) is 6.71 Å². The van der Waals surface area contributed by atoms with Gasteiger partial charge < -0.3 is 9.80 Å². The standard InChI is InChI=1S/C73H51BN2/c1-8-24-52(25-9-1)56-40-45-67-69(49-56)76(65-47-57(53-26-10-2-11-27-53)46-58(48-65)54-28-12-3-13-29-54)71-51-59(55-30-14-4-15-31-55)50-70-72(71)74(67)66-38-22-23-39-68(66)75(70)64-43-41-63(42-44-64)73(60-32-16-5-17-33-60,61-34-18-6-19-35-61)62-36-20-7-21-37-62/h1-51H. The van der Waals surface area contributed by atoms with Gasteiger partial charge >= 0.3 is 0 Å². The smallest absolute Gasteiger partial charge is 0.252 e. The van der Waals surface area contributed by atoms with Crippen molar-refractivity contribution in [1.29, 1.82) is 0 Å². The molecule has 12 aromatic carbocycles. The average Bonchev–Trinajstić information content (AvgIpc) is 3.53. The fourth-order valence-corrected chi connectivity index (χ4v) is 12.4. The van der Waals surface area contributed by atoms with Crippen LogP contribution in [0.3, 0.4) is 0 Å². The van der Waals surface area contributed by atoms with Crippen molar-refractivity contribution >= 4 is 57.2 Å². The van der Waals surface area contributed by atoms with Crippen molar-refractivity contribution in [3.05, 3.63) is 332 Å². The first-order valence-electron chi connectivity index (χ1n) is 26.4. The fourth-order valence-electron chi connectivity index (χ4n) is 12.4. The Bertz CT molecular complexity index is 3860. The molecule has 0 fully saturated rings. The minimum Gasteiger partial charge on any atom is -0.311 e. The van der Waals surface area contributed by atoms with E-state index in [1.165, 1.54) is 78.0 Å². The van der Waals surface area contributed by atoms with Crippen molar-refractivity contribution in [3.8, 4) is 44.5 Å². The third kappa shape index (κ3) is 7.59. The Hall–Kier alpha value is -9.70. The lowest BCUT2D eigenvalue weighted by molar-refractivity contribution is 0.745. The molecule has 0 spiro atoms. The highest BCUT2D eigenvalue weighted by molar-refractivity contribution is 7.00. The summed E-state index contributed by atoms with van der Waals surface area (Å²) in [7, 11) is 0. The zero-order chi connectivity index (χ0) is 50.4. The van der Waals surface area contributed by atoms with Gasteiger partial charge in [0.25, 0.3) is 6.71 Å². The lowest BCUT2D eigenvalue weighted by Gasteiger charge is -2.45. The summed E-state index contributed by atoms with van der Waals surface area (Å²) < 4.78 is 0. The van der Waals surface area contributed by atoms with Gasteiger partial charge in [-0.2, -0.15) is 0 Å². The summed E-state index contributed by atoms with van der Waals surface area (Å²) in [5, 5.41) is 0. The van der Waals surface area contributed by atoms with E-state index in [1.807, 2.05) is 0 Å². The predicted molar refractivity (Wildman–Crippen MR) is 321 cm³/mol. The Morgan fingerprint density at radius 1 is 0.224 bits per heavy atom. The van der Waals surface area contributed by atoms with Gasteiger partial charge in [-0.25, -0.2) is 0 Å². The van der Waals surface area contributed by atoms with E-state index < -0.39 is 5.41 Å². The number of fused-ring (bicyclic) bond motifs is 4. The van der Waals surface area contributed by atoms with Gasteiger partial charge in [0.1, 0.15) is 0 Å². The Morgan fingerprint density at radius 3 is 1.05 bits per heavy atom. The summed E-state index contributed by atoms with van der Waals surface area (Å²) in [4.78, 5) is 5.11. The van der Waals surface area contributed by atoms with Crippen molar-refractivity contribution in [2.24, 2.45) is 0 Å². The Morgan fingerprint density at radius 2 is 0.579 bits per heavy atom. The molecule has 2 nitrogen and oxygen atoms in total. The van der Waals surface area contributed by atoms with E-state index in [9.17, 15) is 0 Å². The molecule has 0 radical (unpaired) electrons. The first-order valence-corrected chi connectivity index (χ1v) is 26.4. The van der Waals surface area contributed by atoms with Crippen LogP contribution in [-0.2, 0) is 5.41 Å². The molecule has 0 unspecified atom stereocenters. The van der Waals surface area contributed by atoms with Gasteiger partial charge in [-0.3, -0.25) is 0 Å². The third-order valence-corrected chi connectivity index (χ3v) is 15.8. The summed E-state index contributed by atoms with van der Waals surface area (Å²) in [6.07, 6.45) is 0. The van der Waals surface area contributed by atoms with Crippen LogP contribution in [0, 0.1) is 0 Å². The van der Waals surface area contributed by atoms with Crippen LogP contribution in [0.15, 0.2) is 309 Å². The summed E-state index contributed by atoms with van der Waals surface area (Å²) in [6.45, 7) is -0.0505. The predicted octanol–water partition coefficient (Wildman–Crippen LogP) is 16.8. The van der Waals surface area contributed by atoms with Gasteiger partial charge in [-0.1, -0.05) is 255 Å². The number of para-hydroxylation sites is 1. The molecule has 0 aromatic heterocycles. The highest BCUT2D eigenvalue weighted by Gasteiger charge is 2.44. The van der Waals surface area contributed by atoms with E-state index in [0.29, 0.717) is 0 Å². The SMILES string of the molecule is c1ccc(-c2cc(-c3ccccc3)cc(N3c4cc(-c5ccccc5)ccc4B4c5ccccc5N(c5ccc(C(c6ccccc6)(c6ccccc6)c6ccccc6)cc5)c5cc(-c6ccccc6)cc3c54)c2)cc1. The molecular weight excluding hydrogens is 916 g/mol. The molecule has 3 heteroatoms. The van der Waals surface area contributed by atoms with E-state index in [0.717, 1.165) is 39.3 Å². The maximum atomic E-state index is 2.57. The molecule has 0 aliphatic carbocycles. The largest absolute Gasteiger partial charge is 0.311 e. The van der Waals surface area contributed by atoms with Crippen LogP contribution in [0.2, 0.25) is 0 Å². The first-order chi connectivity index (χ1) is 37.7. The minimum absolute atomic E-state index is 0.0505. The number of benzene rings is 12. The summed E-state index contributed by atoms with van der Waals surface area (Å²) in [5.41, 5.74) is 24.3. The fraction of sp³-hybridized carbons (Fsp3) is 0.0137. The second-order valence-corrected chi connectivity index (χ2v) is 20.0. The average molecular weight is 967 g/mol. The lowest BCUT2D eigenvalue weighted by Crippen LogP contribution is -2.61. The Balaban J connectivity index is 1.04. The van der Waals surface area contributed by atoms with Gasteiger partial charge in [0, 0.05) is 34.1 Å². The molecule has 356 valence electrons. The molecule has 0 amide bonds. The number of anilines is 6. The van der Waals surface area contributed by atoms with Gasteiger partial charge in [0.2, 0.25) is 0 Å². The molecule has 2 heterocycles. The number of nitrogens with zero attached hydrogens (tertiary/aromatic N) is 2. The number of hydrogen-bond donors (Lipinski definition) is 0. The van der Waals surface area contributed by atoms with Gasteiger partial charge in [0.15, 0.2) is 0 Å². The van der Waals surface area contributed by atoms with Crippen LogP contribution >= 0.6 is 0 Å². The van der Waals surface area contributed by atoms with Crippen molar-refractivity contribution in [2.45, 2.75) is 5.41 Å². The van der Waals surface area contributed by atoms with E-state index in [2.05, 4.69) is 319 Å². The van der Waals surface area contributed by atoms with Crippen LogP contribution in [-0.4, -0.2) is 6.71 Å². The Labute approximate surface area is 446 Å². The van der Waals surface area contributed by atoms with Gasteiger partial charge in [0.05, 0.1) is 5.41 Å². The molecule has 0 saturated heterocycles. The second kappa shape index (κ2) is 19.0. The molecule has 0 bridgehead atoms. The van der Waals surface area contributed by atoms with E-state index >= 15 is 0 Å². The quantitative estimate of drug-likeness (QED) is 0.0995. The summed E-state index contributed by atoms with van der Waals surface area (Å²) in [5.74, 6) is 0. The third-order valence-electron chi connectivity index (χ3n) is 15.8. The van der Waals surface area contributed by atoms with Crippen molar-refractivity contribution in [1.82, 2.24) is 0 Å². The highest BCUT2D eigenvalue weighted by Crippen LogP contribution is 2.50. The number of rotatable bonds is 10. The topological polar surface area (TPSA) is 6.48 Å². The second-order valence-electron chi connectivity index (χ2n) is 20.0. The summed E-state index contributed by atoms with van der Waals surface area (Å²) in [6, 6.07) is 114. The maximum absolute atomic E-state index is 2.57. The van der Waals surface area contributed by atoms with Crippen molar-refractivity contribution in [3.63, 3.8) is 0 Å². The van der Waals surface area contributed by atoms with Crippen LogP contribution in [0.5, 0.6) is 0 Å². The monoisotopic (exact) mass is 966 g/mol. The lowest BCUT2D eigenvalue weighted by atomic mass is 9.33. The Kier molecular flexibility index (Phi) is 11.2. The summed E-state index contributed by atoms with van der Waals surface area (Å²) >= 11 is 0. The van der Waals surface area contributed by atoms with Crippen LogP contribution in [0.1, 0.15) is 22.3 Å². The molecule has 0 atom stereocenters. The van der Waals surface area contributed by atoms with E-state index in [1.54, 1.807) is 0 Å². The zero-order valence-electron chi connectivity index (χ0n) is 41.9. The maximum Gasteiger partial charge on any atom is 0.252 e. The molecular formula is C73H51BN2. The highest BCUT2D eigenvalue weighted by atomic mass is 15.2. The molecule has 76 heavy (non-hydrogen) atoms. The molecule has 14 rings (SSSR count). The first kappa shape index (κ1) is 45.0. The van der Waals surface area contributed by atoms with Crippen molar-refractivity contribution < 1.29 is 0 Å². The van der Waals surface area contributed by atoms with Crippen LogP contribution in [0.4, 0.5) is 34.1 Å². The van der Waals surface area contributed by atoms with Gasteiger partial charge in [-0.15, -0.1) is 0 Å². The van der Waals surface area contributed by atoms with Crippen LogP contribution in [0.25, 0.3) is 44.5 Å². The molecule has 12 aromatic rings. The van der Waals surface area contributed by atoms with Gasteiger partial charge in [-0.05, 0) is 138 Å². The minimum atomic E-state index is -0.574. The van der Waals surface area contributed by atoms with E-state index in [4.69, 9.17) is 0 Å².